The highest BCUT2D eigenvalue weighted by Crippen LogP contribution is 2.16. The van der Waals surface area contributed by atoms with Gasteiger partial charge in [0.15, 0.2) is 0 Å². The Hall–Kier alpha value is -2.22. The first-order valence-corrected chi connectivity index (χ1v) is 8.15. The van der Waals surface area contributed by atoms with E-state index in [-0.39, 0.29) is 0 Å². The van der Waals surface area contributed by atoms with Gasteiger partial charge in [0.1, 0.15) is 5.82 Å². The summed E-state index contributed by atoms with van der Waals surface area (Å²) in [5.41, 5.74) is 0.998. The van der Waals surface area contributed by atoms with Crippen LogP contribution in [0.3, 0.4) is 0 Å². The summed E-state index contributed by atoms with van der Waals surface area (Å²) in [7, 11) is 0. The number of aryl methyl sites for hydroxylation is 1. The quantitative estimate of drug-likeness (QED) is 0.838. The van der Waals surface area contributed by atoms with Gasteiger partial charge in [0.25, 0.3) is 0 Å². The molecule has 0 aliphatic carbocycles. The summed E-state index contributed by atoms with van der Waals surface area (Å²) in [4.78, 5) is 15.5. The lowest BCUT2D eigenvalue weighted by Crippen LogP contribution is -2.47. The predicted molar refractivity (Wildman–Crippen MR) is 89.6 cm³/mol. The number of anilines is 2. The smallest absolute Gasteiger partial charge is 0.224 e. The molecule has 0 radical (unpaired) electrons. The number of hydrogen-bond acceptors (Lipinski definition) is 7. The molecule has 2 aromatic heterocycles. The SMILES string of the molecule is CCNc1nc(C)cc(N2CCN(CCn3nccn3)CC2)n1. The summed E-state index contributed by atoms with van der Waals surface area (Å²) in [5, 5.41) is 11.5. The van der Waals surface area contributed by atoms with Crippen LogP contribution < -0.4 is 10.2 Å². The zero-order valence-corrected chi connectivity index (χ0v) is 13.8. The first-order valence-electron chi connectivity index (χ1n) is 8.15. The molecule has 2 aromatic rings. The van der Waals surface area contributed by atoms with Crippen LogP contribution in [-0.4, -0.2) is 69.1 Å². The Labute approximate surface area is 136 Å². The number of aromatic nitrogens is 5. The van der Waals surface area contributed by atoms with E-state index in [0.29, 0.717) is 0 Å². The molecular weight excluding hydrogens is 292 g/mol. The third kappa shape index (κ3) is 4.16. The van der Waals surface area contributed by atoms with Crippen molar-refractivity contribution in [3.05, 3.63) is 24.2 Å². The Morgan fingerprint density at radius 3 is 2.48 bits per heavy atom. The summed E-state index contributed by atoms with van der Waals surface area (Å²) < 4.78 is 0. The Morgan fingerprint density at radius 1 is 1.04 bits per heavy atom. The van der Waals surface area contributed by atoms with Crippen LogP contribution in [0, 0.1) is 6.92 Å². The number of nitrogens with one attached hydrogen (secondary N) is 1. The molecule has 8 heteroatoms. The number of piperazine rings is 1. The zero-order valence-electron chi connectivity index (χ0n) is 13.8. The standard InChI is InChI=1S/C15H24N8/c1-3-16-15-19-13(2)12-14(20-15)22-9-6-21(7-10-22)8-11-23-17-4-5-18-23/h4-5,12H,3,6-11H2,1-2H3,(H,16,19,20). The van der Waals surface area contributed by atoms with E-state index in [1.54, 1.807) is 17.2 Å². The van der Waals surface area contributed by atoms with Crippen LogP contribution in [0.4, 0.5) is 11.8 Å². The van der Waals surface area contributed by atoms with Crippen LogP contribution in [0.5, 0.6) is 0 Å². The molecule has 124 valence electrons. The minimum atomic E-state index is 0.717. The average molecular weight is 316 g/mol. The second-order valence-electron chi connectivity index (χ2n) is 5.68. The number of hydrogen-bond donors (Lipinski definition) is 1. The van der Waals surface area contributed by atoms with Gasteiger partial charge in [0.05, 0.1) is 18.9 Å². The van der Waals surface area contributed by atoms with E-state index in [1.165, 1.54) is 0 Å². The van der Waals surface area contributed by atoms with Gasteiger partial charge in [-0.3, -0.25) is 4.90 Å². The van der Waals surface area contributed by atoms with Crippen molar-refractivity contribution >= 4 is 11.8 Å². The Morgan fingerprint density at radius 2 is 1.78 bits per heavy atom. The van der Waals surface area contributed by atoms with Crippen molar-refractivity contribution in [2.45, 2.75) is 20.4 Å². The first-order chi connectivity index (χ1) is 11.2. The molecule has 0 amide bonds. The second-order valence-corrected chi connectivity index (χ2v) is 5.68. The Bertz CT molecular complexity index is 604. The number of rotatable bonds is 6. The summed E-state index contributed by atoms with van der Waals surface area (Å²) in [5.74, 6) is 1.73. The first kappa shape index (κ1) is 15.7. The van der Waals surface area contributed by atoms with Crippen LogP contribution in [0.2, 0.25) is 0 Å². The molecule has 1 aliphatic rings. The van der Waals surface area contributed by atoms with E-state index in [4.69, 9.17) is 0 Å². The molecule has 1 aliphatic heterocycles. The van der Waals surface area contributed by atoms with Crippen molar-refractivity contribution in [2.75, 3.05) is 49.5 Å². The van der Waals surface area contributed by atoms with Crippen molar-refractivity contribution < 1.29 is 0 Å². The largest absolute Gasteiger partial charge is 0.354 e. The van der Waals surface area contributed by atoms with E-state index in [2.05, 4.69) is 48.3 Å². The molecule has 1 saturated heterocycles. The summed E-state index contributed by atoms with van der Waals surface area (Å²) in [6.07, 6.45) is 3.44. The van der Waals surface area contributed by atoms with Gasteiger partial charge in [-0.25, -0.2) is 4.98 Å². The predicted octanol–water partition coefficient (Wildman–Crippen LogP) is 0.631. The molecule has 1 fully saturated rings. The van der Waals surface area contributed by atoms with Gasteiger partial charge in [-0.15, -0.1) is 0 Å². The van der Waals surface area contributed by atoms with Gasteiger partial charge in [-0.1, -0.05) is 0 Å². The third-order valence-corrected chi connectivity index (χ3v) is 3.95. The maximum Gasteiger partial charge on any atom is 0.224 e. The molecule has 3 heterocycles. The van der Waals surface area contributed by atoms with Crippen molar-refractivity contribution in [1.82, 2.24) is 29.9 Å². The molecule has 8 nitrogen and oxygen atoms in total. The van der Waals surface area contributed by atoms with Crippen LogP contribution in [0.25, 0.3) is 0 Å². The fourth-order valence-electron chi connectivity index (χ4n) is 2.74. The molecule has 3 rings (SSSR count). The summed E-state index contributed by atoms with van der Waals surface area (Å²) in [6.45, 7) is 10.7. The minimum Gasteiger partial charge on any atom is -0.354 e. The molecule has 23 heavy (non-hydrogen) atoms. The second kappa shape index (κ2) is 7.36. The normalized spacial score (nSPS) is 15.8. The van der Waals surface area contributed by atoms with Crippen LogP contribution in [-0.2, 0) is 6.54 Å². The van der Waals surface area contributed by atoms with E-state index in [0.717, 1.165) is 63.3 Å². The molecule has 0 atom stereocenters. The zero-order chi connectivity index (χ0) is 16.1. The third-order valence-electron chi connectivity index (χ3n) is 3.95. The topological polar surface area (TPSA) is 75.0 Å². The van der Waals surface area contributed by atoms with E-state index in [1.807, 2.05) is 6.92 Å². The van der Waals surface area contributed by atoms with Gasteiger partial charge >= 0.3 is 0 Å². The van der Waals surface area contributed by atoms with Gasteiger partial charge in [0, 0.05) is 51.0 Å². The summed E-state index contributed by atoms with van der Waals surface area (Å²) >= 11 is 0. The van der Waals surface area contributed by atoms with E-state index < -0.39 is 0 Å². The van der Waals surface area contributed by atoms with Crippen LogP contribution >= 0.6 is 0 Å². The fraction of sp³-hybridized carbons (Fsp3) is 0.600. The van der Waals surface area contributed by atoms with Gasteiger partial charge in [-0.2, -0.15) is 20.0 Å². The lowest BCUT2D eigenvalue weighted by atomic mass is 10.3. The molecule has 0 unspecified atom stereocenters. The molecular formula is C15H24N8. The van der Waals surface area contributed by atoms with E-state index >= 15 is 0 Å². The lowest BCUT2D eigenvalue weighted by molar-refractivity contribution is 0.239. The molecule has 0 spiro atoms. The molecule has 0 aromatic carbocycles. The highest BCUT2D eigenvalue weighted by atomic mass is 15.5. The molecule has 0 bridgehead atoms. The number of nitrogens with zero attached hydrogens (tertiary/aromatic N) is 7. The lowest BCUT2D eigenvalue weighted by Gasteiger charge is -2.35. The Balaban J connectivity index is 1.54. The fourth-order valence-corrected chi connectivity index (χ4v) is 2.74. The minimum absolute atomic E-state index is 0.717. The Kier molecular flexibility index (Phi) is 5.02. The monoisotopic (exact) mass is 316 g/mol. The van der Waals surface area contributed by atoms with E-state index in [9.17, 15) is 0 Å². The molecule has 1 N–H and O–H groups in total. The maximum absolute atomic E-state index is 4.62. The summed E-state index contributed by atoms with van der Waals surface area (Å²) in [6, 6.07) is 2.06. The molecule has 0 saturated carbocycles. The maximum atomic E-state index is 4.62. The average Bonchev–Trinajstić information content (AvgIpc) is 3.07. The highest BCUT2D eigenvalue weighted by Gasteiger charge is 2.18. The van der Waals surface area contributed by atoms with Gasteiger partial charge in [0.2, 0.25) is 5.95 Å². The van der Waals surface area contributed by atoms with Gasteiger partial charge < -0.3 is 10.2 Å². The van der Waals surface area contributed by atoms with Gasteiger partial charge in [-0.05, 0) is 13.8 Å². The highest BCUT2D eigenvalue weighted by molar-refractivity contribution is 5.45. The van der Waals surface area contributed by atoms with Crippen LogP contribution in [0.15, 0.2) is 18.5 Å². The van der Waals surface area contributed by atoms with Crippen molar-refractivity contribution in [3.8, 4) is 0 Å². The van der Waals surface area contributed by atoms with Crippen molar-refractivity contribution in [3.63, 3.8) is 0 Å². The van der Waals surface area contributed by atoms with Crippen molar-refractivity contribution in [1.29, 1.82) is 0 Å². The van der Waals surface area contributed by atoms with Crippen LogP contribution in [0.1, 0.15) is 12.6 Å². The van der Waals surface area contributed by atoms with Crippen molar-refractivity contribution in [2.24, 2.45) is 0 Å².